The van der Waals surface area contributed by atoms with Gasteiger partial charge in [0.05, 0.1) is 24.8 Å². The van der Waals surface area contributed by atoms with Crippen molar-refractivity contribution in [1.29, 1.82) is 0 Å². The predicted octanol–water partition coefficient (Wildman–Crippen LogP) is 3.19. The highest BCUT2D eigenvalue weighted by molar-refractivity contribution is 9.10. The number of thiocarbonyl (C=S) groups is 1. The Labute approximate surface area is 214 Å². The molecule has 0 aliphatic carbocycles. The molecule has 2 aromatic carbocycles. The summed E-state index contributed by atoms with van der Waals surface area (Å²) in [6.45, 7) is 6.86. The predicted molar refractivity (Wildman–Crippen MR) is 139 cm³/mol. The van der Waals surface area contributed by atoms with E-state index in [9.17, 15) is 4.79 Å². The van der Waals surface area contributed by atoms with Crippen LogP contribution in [0.1, 0.15) is 11.1 Å². The topological polar surface area (TPSA) is 54.5 Å². The average molecular weight is 549 g/mol. The van der Waals surface area contributed by atoms with Crippen molar-refractivity contribution in [2.75, 3.05) is 66.2 Å². The number of carbonyl (C=O) groups is 1. The minimum atomic E-state index is -0.0646. The number of piperazine rings is 1. The molecule has 0 radical (unpaired) electrons. The van der Waals surface area contributed by atoms with Crippen LogP contribution in [-0.2, 0) is 16.1 Å². The van der Waals surface area contributed by atoms with E-state index in [1.165, 1.54) is 5.56 Å². The largest absolute Gasteiger partial charge is 0.493 e. The van der Waals surface area contributed by atoms with Crippen LogP contribution >= 0.6 is 28.1 Å². The van der Waals surface area contributed by atoms with Crippen LogP contribution in [0, 0.1) is 0 Å². The Bertz CT molecular complexity index is 993. The Morgan fingerprint density at radius 3 is 2.41 bits per heavy atom. The molecule has 4 rings (SSSR count). The van der Waals surface area contributed by atoms with Gasteiger partial charge < -0.3 is 24.0 Å². The molecule has 2 aliphatic rings. The minimum Gasteiger partial charge on any atom is -0.493 e. The van der Waals surface area contributed by atoms with E-state index in [1.807, 2.05) is 18.2 Å². The number of nitrogens with zero attached hydrogens (tertiary/aromatic N) is 3. The summed E-state index contributed by atoms with van der Waals surface area (Å²) in [5.74, 6) is 0.984. The second kappa shape index (κ2) is 12.0. The molecule has 182 valence electrons. The van der Waals surface area contributed by atoms with Crippen LogP contribution in [0.25, 0.3) is 0 Å². The van der Waals surface area contributed by atoms with Crippen molar-refractivity contribution >= 4 is 39.0 Å². The summed E-state index contributed by atoms with van der Waals surface area (Å²) < 4.78 is 17.5. The standard InChI is InChI=1S/C25H30BrN3O4S/c1-31-22-16-20(15-21(26)24(22)33-18-23(30)28-11-13-32-14-12-28)25(34)29-9-7-27(8-10-29)17-19-5-3-2-4-6-19/h2-6,15-16H,7-14,17-18H2,1H3. The van der Waals surface area contributed by atoms with Gasteiger partial charge in [-0.05, 0) is 33.6 Å². The summed E-state index contributed by atoms with van der Waals surface area (Å²) in [4.78, 5) is 19.7. The summed E-state index contributed by atoms with van der Waals surface area (Å²) in [6.07, 6.45) is 0. The quantitative estimate of drug-likeness (QED) is 0.493. The lowest BCUT2D eigenvalue weighted by molar-refractivity contribution is -0.137. The van der Waals surface area contributed by atoms with Crippen molar-refractivity contribution in [3.05, 3.63) is 58.1 Å². The van der Waals surface area contributed by atoms with E-state index in [0.29, 0.717) is 42.3 Å². The highest BCUT2D eigenvalue weighted by Gasteiger charge is 2.23. The molecule has 0 saturated carbocycles. The first-order valence-electron chi connectivity index (χ1n) is 11.5. The van der Waals surface area contributed by atoms with Gasteiger partial charge in [-0.25, -0.2) is 0 Å². The average Bonchev–Trinajstić information content (AvgIpc) is 2.88. The molecule has 0 aromatic heterocycles. The molecule has 0 unspecified atom stereocenters. The van der Waals surface area contributed by atoms with E-state index >= 15 is 0 Å². The fourth-order valence-corrected chi connectivity index (χ4v) is 5.01. The third kappa shape index (κ3) is 6.27. The van der Waals surface area contributed by atoms with Gasteiger partial charge in [0.1, 0.15) is 4.99 Å². The van der Waals surface area contributed by atoms with Gasteiger partial charge in [-0.15, -0.1) is 0 Å². The van der Waals surface area contributed by atoms with E-state index in [1.54, 1.807) is 12.0 Å². The van der Waals surface area contributed by atoms with E-state index in [4.69, 9.17) is 26.4 Å². The monoisotopic (exact) mass is 547 g/mol. The number of benzene rings is 2. The number of methoxy groups -OCH3 is 1. The Morgan fingerprint density at radius 2 is 1.74 bits per heavy atom. The first kappa shape index (κ1) is 24.9. The molecule has 7 nitrogen and oxygen atoms in total. The van der Waals surface area contributed by atoms with Crippen LogP contribution in [0.3, 0.4) is 0 Å². The van der Waals surface area contributed by atoms with Crippen molar-refractivity contribution in [3.8, 4) is 11.5 Å². The van der Waals surface area contributed by atoms with Crippen molar-refractivity contribution in [2.24, 2.45) is 0 Å². The van der Waals surface area contributed by atoms with Crippen molar-refractivity contribution in [3.63, 3.8) is 0 Å². The van der Waals surface area contributed by atoms with Gasteiger partial charge >= 0.3 is 0 Å². The summed E-state index contributed by atoms with van der Waals surface area (Å²) in [5.41, 5.74) is 2.22. The molecule has 0 spiro atoms. The summed E-state index contributed by atoms with van der Waals surface area (Å²) in [5, 5.41) is 0. The van der Waals surface area contributed by atoms with Gasteiger partial charge in [-0.1, -0.05) is 42.5 Å². The molecule has 9 heteroatoms. The molecule has 2 fully saturated rings. The van der Waals surface area contributed by atoms with Gasteiger partial charge in [-0.3, -0.25) is 9.69 Å². The molecule has 34 heavy (non-hydrogen) atoms. The lowest BCUT2D eigenvalue weighted by atomic mass is 10.1. The zero-order valence-electron chi connectivity index (χ0n) is 19.4. The maximum Gasteiger partial charge on any atom is 0.260 e. The SMILES string of the molecule is COc1cc(C(=S)N2CCN(Cc3ccccc3)CC2)cc(Br)c1OCC(=O)N1CCOCC1. The zero-order chi connectivity index (χ0) is 23.9. The number of hydrogen-bond donors (Lipinski definition) is 0. The summed E-state index contributed by atoms with van der Waals surface area (Å²) in [6, 6.07) is 14.4. The van der Waals surface area contributed by atoms with Crippen molar-refractivity contribution in [1.82, 2.24) is 14.7 Å². The van der Waals surface area contributed by atoms with Crippen molar-refractivity contribution in [2.45, 2.75) is 6.54 Å². The van der Waals surface area contributed by atoms with E-state index < -0.39 is 0 Å². The third-order valence-electron chi connectivity index (χ3n) is 6.09. The first-order chi connectivity index (χ1) is 16.5. The molecule has 2 saturated heterocycles. The Morgan fingerprint density at radius 1 is 1.03 bits per heavy atom. The van der Waals surface area contributed by atoms with E-state index in [2.05, 4.69) is 50.0 Å². The molecule has 0 atom stereocenters. The van der Waals surface area contributed by atoms with Crippen molar-refractivity contribution < 1.29 is 19.0 Å². The Kier molecular flexibility index (Phi) is 8.77. The third-order valence-corrected chi connectivity index (χ3v) is 7.17. The van der Waals surface area contributed by atoms with Gasteiger partial charge in [-0.2, -0.15) is 0 Å². The Hall–Kier alpha value is -2.20. The number of hydrogen-bond acceptors (Lipinski definition) is 6. The lowest BCUT2D eigenvalue weighted by Crippen LogP contribution is -2.48. The Balaban J connectivity index is 1.36. The maximum absolute atomic E-state index is 12.5. The van der Waals surface area contributed by atoms with E-state index in [-0.39, 0.29) is 12.5 Å². The van der Waals surface area contributed by atoms with E-state index in [0.717, 1.165) is 43.3 Å². The molecule has 0 bridgehead atoms. The molecular weight excluding hydrogens is 518 g/mol. The highest BCUT2D eigenvalue weighted by Crippen LogP contribution is 2.37. The molecule has 1 amide bonds. The minimum absolute atomic E-state index is 0.0534. The normalized spacial score (nSPS) is 16.9. The highest BCUT2D eigenvalue weighted by atomic mass is 79.9. The van der Waals surface area contributed by atoms with Crippen LogP contribution in [0.2, 0.25) is 0 Å². The number of carbonyl (C=O) groups excluding carboxylic acids is 1. The second-order valence-electron chi connectivity index (χ2n) is 8.33. The molecule has 0 N–H and O–H groups in total. The number of morpholine rings is 1. The molecular formula is C25H30BrN3O4S. The number of amides is 1. The van der Waals surface area contributed by atoms with Gasteiger partial charge in [0.25, 0.3) is 5.91 Å². The number of halogens is 1. The smallest absolute Gasteiger partial charge is 0.260 e. The number of rotatable bonds is 7. The number of ether oxygens (including phenoxy) is 3. The molecule has 2 aliphatic heterocycles. The van der Waals surface area contributed by atoms with Crippen LogP contribution in [-0.4, -0.2) is 91.8 Å². The van der Waals surface area contributed by atoms with Crippen LogP contribution in [0.5, 0.6) is 11.5 Å². The summed E-state index contributed by atoms with van der Waals surface area (Å²) in [7, 11) is 1.59. The molecule has 2 heterocycles. The second-order valence-corrected chi connectivity index (χ2v) is 9.57. The maximum atomic E-state index is 12.5. The van der Waals surface area contributed by atoms with Gasteiger partial charge in [0, 0.05) is 51.4 Å². The molecule has 2 aromatic rings. The fourth-order valence-electron chi connectivity index (χ4n) is 4.15. The van der Waals surface area contributed by atoms with Crippen LogP contribution in [0.4, 0.5) is 0 Å². The summed E-state index contributed by atoms with van der Waals surface area (Å²) >= 11 is 9.42. The van der Waals surface area contributed by atoms with Crippen LogP contribution < -0.4 is 9.47 Å². The first-order valence-corrected chi connectivity index (χ1v) is 12.7. The fraction of sp³-hybridized carbons (Fsp3) is 0.440. The lowest BCUT2D eigenvalue weighted by Gasteiger charge is -2.36. The van der Waals surface area contributed by atoms with Gasteiger partial charge in [0.2, 0.25) is 0 Å². The zero-order valence-corrected chi connectivity index (χ0v) is 21.8. The van der Waals surface area contributed by atoms with Crippen LogP contribution in [0.15, 0.2) is 46.9 Å². The van der Waals surface area contributed by atoms with Gasteiger partial charge in [0.15, 0.2) is 18.1 Å².